The molecule has 1 aromatic carbocycles. The van der Waals surface area contributed by atoms with Crippen molar-refractivity contribution in [3.8, 4) is 0 Å². The number of rotatable bonds is 6. The molecule has 116 valence electrons. The van der Waals surface area contributed by atoms with Crippen molar-refractivity contribution in [2.75, 3.05) is 51.8 Å². The van der Waals surface area contributed by atoms with E-state index in [0.717, 1.165) is 36.3 Å². The lowest BCUT2D eigenvalue weighted by atomic mass is 10.1. The van der Waals surface area contributed by atoms with Gasteiger partial charge < -0.3 is 19.9 Å². The monoisotopic (exact) mass is 355 g/mol. The quantitative estimate of drug-likeness (QED) is 0.784. The molecule has 0 aliphatic carbocycles. The van der Waals surface area contributed by atoms with Gasteiger partial charge in [0.1, 0.15) is 0 Å². The Morgan fingerprint density at radius 2 is 2.19 bits per heavy atom. The van der Waals surface area contributed by atoms with Gasteiger partial charge in [-0.3, -0.25) is 4.79 Å². The van der Waals surface area contributed by atoms with E-state index in [1.807, 2.05) is 7.05 Å². The van der Waals surface area contributed by atoms with Crippen molar-refractivity contribution in [2.24, 2.45) is 0 Å². The maximum atomic E-state index is 11.8. The zero-order valence-electron chi connectivity index (χ0n) is 12.6. The molecule has 0 atom stereocenters. The number of amides is 1. The van der Waals surface area contributed by atoms with Crippen LogP contribution in [-0.4, -0.2) is 57.8 Å². The van der Waals surface area contributed by atoms with Crippen LogP contribution in [0.4, 0.5) is 5.69 Å². The van der Waals surface area contributed by atoms with Gasteiger partial charge in [0, 0.05) is 44.8 Å². The van der Waals surface area contributed by atoms with E-state index in [0.29, 0.717) is 13.2 Å². The molecule has 1 aromatic rings. The number of hydrogen-bond donors (Lipinski definition) is 1. The molecule has 1 aliphatic rings. The van der Waals surface area contributed by atoms with Crippen LogP contribution in [0.1, 0.15) is 5.56 Å². The van der Waals surface area contributed by atoms with Crippen LogP contribution in [0, 0.1) is 0 Å². The standard InChI is InChI=1S/C15H22BrN3O2/c1-18-6-7-19(11-15(18)20)14-4-3-12(9-13(14)16)10-17-5-8-21-2/h3-4,9,17H,5-8,10-11H2,1-2H3. The lowest BCUT2D eigenvalue weighted by molar-refractivity contribution is -0.129. The molecule has 0 aromatic heterocycles. The summed E-state index contributed by atoms with van der Waals surface area (Å²) in [6, 6.07) is 6.29. The van der Waals surface area contributed by atoms with Crippen LogP contribution in [0.15, 0.2) is 22.7 Å². The Hall–Kier alpha value is -1.11. The highest BCUT2D eigenvalue weighted by molar-refractivity contribution is 9.10. The molecular weight excluding hydrogens is 334 g/mol. The molecule has 0 bridgehead atoms. The summed E-state index contributed by atoms with van der Waals surface area (Å²) < 4.78 is 6.04. The van der Waals surface area contributed by atoms with Gasteiger partial charge in [0.05, 0.1) is 18.8 Å². The lowest BCUT2D eigenvalue weighted by Gasteiger charge is -2.34. The molecule has 0 spiro atoms. The Morgan fingerprint density at radius 3 is 2.86 bits per heavy atom. The van der Waals surface area contributed by atoms with Crippen LogP contribution >= 0.6 is 15.9 Å². The topological polar surface area (TPSA) is 44.8 Å². The molecule has 0 radical (unpaired) electrons. The number of carbonyl (C=O) groups is 1. The van der Waals surface area contributed by atoms with Gasteiger partial charge in [-0.25, -0.2) is 0 Å². The third-order valence-corrected chi connectivity index (χ3v) is 4.26. The Balaban J connectivity index is 1.97. The van der Waals surface area contributed by atoms with E-state index in [1.54, 1.807) is 12.0 Å². The van der Waals surface area contributed by atoms with E-state index in [-0.39, 0.29) is 5.91 Å². The molecule has 5 nitrogen and oxygen atoms in total. The predicted molar refractivity (Wildman–Crippen MR) is 87.6 cm³/mol. The average Bonchev–Trinajstić information content (AvgIpc) is 2.47. The van der Waals surface area contributed by atoms with Gasteiger partial charge in [0.25, 0.3) is 0 Å². The molecule has 0 saturated carbocycles. The largest absolute Gasteiger partial charge is 0.383 e. The minimum Gasteiger partial charge on any atom is -0.383 e. The maximum absolute atomic E-state index is 11.8. The number of halogens is 1. The number of nitrogens with zero attached hydrogens (tertiary/aromatic N) is 2. The molecule has 0 unspecified atom stereocenters. The summed E-state index contributed by atoms with van der Waals surface area (Å²) >= 11 is 3.62. The fraction of sp³-hybridized carbons (Fsp3) is 0.533. The highest BCUT2D eigenvalue weighted by atomic mass is 79.9. The Labute approximate surface area is 134 Å². The third kappa shape index (κ3) is 4.43. The summed E-state index contributed by atoms with van der Waals surface area (Å²) in [4.78, 5) is 15.7. The maximum Gasteiger partial charge on any atom is 0.241 e. The van der Waals surface area contributed by atoms with Crippen LogP contribution < -0.4 is 10.2 Å². The van der Waals surface area contributed by atoms with Gasteiger partial charge in [-0.1, -0.05) is 6.07 Å². The van der Waals surface area contributed by atoms with Crippen molar-refractivity contribution < 1.29 is 9.53 Å². The summed E-state index contributed by atoms with van der Waals surface area (Å²) in [6.07, 6.45) is 0. The third-order valence-electron chi connectivity index (χ3n) is 3.62. The number of piperazine rings is 1. The number of likely N-dealkylation sites (N-methyl/N-ethyl adjacent to an activating group) is 1. The van der Waals surface area contributed by atoms with Crippen LogP contribution in [0.3, 0.4) is 0 Å². The number of nitrogens with one attached hydrogen (secondary N) is 1. The Bertz CT molecular complexity index is 496. The molecular formula is C15H22BrN3O2. The van der Waals surface area contributed by atoms with Gasteiger partial charge in [0.2, 0.25) is 5.91 Å². The van der Waals surface area contributed by atoms with Crippen LogP contribution in [0.5, 0.6) is 0 Å². The molecule has 6 heteroatoms. The van der Waals surface area contributed by atoms with E-state index < -0.39 is 0 Å². The lowest BCUT2D eigenvalue weighted by Crippen LogP contribution is -2.48. The zero-order valence-corrected chi connectivity index (χ0v) is 14.1. The van der Waals surface area contributed by atoms with Gasteiger partial charge in [-0.2, -0.15) is 0 Å². The van der Waals surface area contributed by atoms with Gasteiger partial charge in [-0.05, 0) is 33.6 Å². The van der Waals surface area contributed by atoms with Crippen LogP contribution in [0.2, 0.25) is 0 Å². The molecule has 1 aliphatic heterocycles. The van der Waals surface area contributed by atoms with E-state index >= 15 is 0 Å². The number of anilines is 1. The summed E-state index contributed by atoms with van der Waals surface area (Å²) in [7, 11) is 3.55. The molecule has 2 rings (SSSR count). The summed E-state index contributed by atoms with van der Waals surface area (Å²) in [5, 5.41) is 3.32. The highest BCUT2D eigenvalue weighted by Gasteiger charge is 2.22. The second kappa shape index (κ2) is 7.77. The number of hydrogen-bond acceptors (Lipinski definition) is 4. The predicted octanol–water partition coefficient (Wildman–Crippen LogP) is 1.46. The zero-order chi connectivity index (χ0) is 15.2. The summed E-state index contributed by atoms with van der Waals surface area (Å²) in [6.45, 7) is 4.44. The summed E-state index contributed by atoms with van der Waals surface area (Å²) in [5.74, 6) is 0.165. The summed E-state index contributed by atoms with van der Waals surface area (Å²) in [5.41, 5.74) is 2.29. The van der Waals surface area contributed by atoms with Gasteiger partial charge in [0.15, 0.2) is 0 Å². The van der Waals surface area contributed by atoms with Crippen molar-refractivity contribution in [2.45, 2.75) is 6.54 Å². The van der Waals surface area contributed by atoms with Gasteiger partial charge in [-0.15, -0.1) is 0 Å². The molecule has 1 amide bonds. The van der Waals surface area contributed by atoms with Gasteiger partial charge >= 0.3 is 0 Å². The van der Waals surface area contributed by atoms with Crippen molar-refractivity contribution in [1.29, 1.82) is 0 Å². The van der Waals surface area contributed by atoms with Crippen molar-refractivity contribution >= 4 is 27.5 Å². The first-order valence-electron chi connectivity index (χ1n) is 7.09. The van der Waals surface area contributed by atoms with E-state index in [2.05, 4.69) is 44.3 Å². The van der Waals surface area contributed by atoms with E-state index in [1.165, 1.54) is 5.56 Å². The number of benzene rings is 1. The first kappa shape index (κ1) is 16.3. The van der Waals surface area contributed by atoms with Crippen molar-refractivity contribution in [3.05, 3.63) is 28.2 Å². The average molecular weight is 356 g/mol. The van der Waals surface area contributed by atoms with Crippen LogP contribution in [-0.2, 0) is 16.1 Å². The first-order valence-corrected chi connectivity index (χ1v) is 7.88. The number of methoxy groups -OCH3 is 1. The van der Waals surface area contributed by atoms with Crippen LogP contribution in [0.25, 0.3) is 0 Å². The molecule has 1 N–H and O–H groups in total. The second-order valence-electron chi connectivity index (χ2n) is 5.19. The smallest absolute Gasteiger partial charge is 0.241 e. The number of carbonyl (C=O) groups excluding carboxylic acids is 1. The Kier molecular flexibility index (Phi) is 6.02. The fourth-order valence-corrected chi connectivity index (χ4v) is 2.96. The Morgan fingerprint density at radius 1 is 1.38 bits per heavy atom. The van der Waals surface area contributed by atoms with Crippen molar-refractivity contribution in [1.82, 2.24) is 10.2 Å². The molecule has 21 heavy (non-hydrogen) atoms. The fourth-order valence-electron chi connectivity index (χ4n) is 2.29. The normalized spacial score (nSPS) is 15.7. The minimum atomic E-state index is 0.165. The second-order valence-corrected chi connectivity index (χ2v) is 6.05. The number of ether oxygens (including phenoxy) is 1. The first-order chi connectivity index (χ1) is 10.1. The van der Waals surface area contributed by atoms with E-state index in [9.17, 15) is 4.79 Å². The van der Waals surface area contributed by atoms with E-state index in [4.69, 9.17) is 4.74 Å². The molecule has 1 heterocycles. The molecule has 1 fully saturated rings. The molecule has 1 saturated heterocycles. The van der Waals surface area contributed by atoms with Crippen molar-refractivity contribution in [3.63, 3.8) is 0 Å². The minimum absolute atomic E-state index is 0.165. The SMILES string of the molecule is COCCNCc1ccc(N2CCN(C)C(=O)C2)c(Br)c1. The highest BCUT2D eigenvalue weighted by Crippen LogP contribution is 2.28.